The molecular weight excluding hydrogens is 370 g/mol. The Balaban J connectivity index is 1.49. The average Bonchev–Trinajstić information content (AvgIpc) is 3.23. The van der Waals surface area contributed by atoms with Crippen molar-refractivity contribution in [2.24, 2.45) is 10.3 Å². The summed E-state index contributed by atoms with van der Waals surface area (Å²) in [4.78, 5) is 39.3. The van der Waals surface area contributed by atoms with Crippen LogP contribution in [0.15, 0.2) is 58.9 Å². The molecule has 0 saturated carbocycles. The number of hydrogen-bond donors (Lipinski definition) is 1. The van der Waals surface area contributed by atoms with Gasteiger partial charge in [0, 0.05) is 5.69 Å². The van der Waals surface area contributed by atoms with Gasteiger partial charge in [0.2, 0.25) is 5.91 Å². The fourth-order valence-electron chi connectivity index (χ4n) is 3.54. The second-order valence-corrected chi connectivity index (χ2v) is 7.09. The molecule has 0 spiro atoms. The highest BCUT2D eigenvalue weighted by Gasteiger charge is 2.55. The van der Waals surface area contributed by atoms with Gasteiger partial charge in [-0.3, -0.25) is 19.4 Å². The number of amides is 3. The molecule has 2 aliphatic rings. The number of fused-ring (bicyclic) bond motifs is 1. The van der Waals surface area contributed by atoms with Crippen LogP contribution in [0.5, 0.6) is 0 Å². The molecular formula is C21H21N5O3. The molecule has 0 radical (unpaired) electrons. The van der Waals surface area contributed by atoms with Gasteiger partial charge in [-0.25, -0.2) is 4.90 Å². The van der Waals surface area contributed by atoms with Gasteiger partial charge in [0.05, 0.1) is 5.69 Å². The van der Waals surface area contributed by atoms with E-state index >= 15 is 0 Å². The van der Waals surface area contributed by atoms with E-state index in [1.165, 1.54) is 5.01 Å². The minimum atomic E-state index is -0.917. The fraction of sp³-hybridized carbons (Fsp3) is 0.286. The summed E-state index contributed by atoms with van der Waals surface area (Å²) in [7, 11) is 0. The zero-order valence-corrected chi connectivity index (χ0v) is 16.2. The predicted octanol–water partition coefficient (Wildman–Crippen LogP) is 2.49. The Hall–Kier alpha value is -3.55. The Morgan fingerprint density at radius 1 is 1.07 bits per heavy atom. The van der Waals surface area contributed by atoms with Crippen LogP contribution in [0.3, 0.4) is 0 Å². The van der Waals surface area contributed by atoms with Gasteiger partial charge in [-0.2, -0.15) is 5.11 Å². The maximum Gasteiger partial charge on any atom is 0.263 e. The number of carbonyl (C=O) groups is 3. The Bertz CT molecular complexity index is 1000. The van der Waals surface area contributed by atoms with E-state index in [0.29, 0.717) is 11.4 Å². The lowest BCUT2D eigenvalue weighted by atomic mass is 10.1. The van der Waals surface area contributed by atoms with E-state index in [0.717, 1.165) is 22.4 Å². The van der Waals surface area contributed by atoms with Crippen LogP contribution in [0.2, 0.25) is 0 Å². The van der Waals surface area contributed by atoms with E-state index in [9.17, 15) is 14.4 Å². The normalized spacial score (nSPS) is 20.3. The first-order chi connectivity index (χ1) is 14.0. The lowest BCUT2D eigenvalue weighted by Gasteiger charge is -2.20. The Kier molecular flexibility index (Phi) is 4.84. The molecule has 8 heteroatoms. The zero-order valence-electron chi connectivity index (χ0n) is 16.2. The standard InChI is InChI=1S/C21H21N5O3/c1-3-14-8-10-15(11-9-14)26-20(28)18-19(21(26)29)25(24-23-18)12-17(27)22-16-7-5-4-6-13(16)2/h4-11,18-19H,3,12H2,1-2H3,(H,22,27)/t18-,19-/m1/s1. The van der Waals surface area contributed by atoms with Gasteiger partial charge in [0.15, 0.2) is 12.1 Å². The first-order valence-corrected chi connectivity index (χ1v) is 9.49. The van der Waals surface area contributed by atoms with Crippen molar-refractivity contribution < 1.29 is 14.4 Å². The third kappa shape index (κ3) is 3.37. The van der Waals surface area contributed by atoms with E-state index in [1.54, 1.807) is 18.2 Å². The van der Waals surface area contributed by atoms with Gasteiger partial charge >= 0.3 is 0 Å². The van der Waals surface area contributed by atoms with Crippen LogP contribution >= 0.6 is 0 Å². The van der Waals surface area contributed by atoms with Crippen LogP contribution in [0.25, 0.3) is 0 Å². The number of anilines is 2. The molecule has 2 aromatic carbocycles. The highest BCUT2D eigenvalue weighted by Crippen LogP contribution is 2.32. The Labute approximate surface area is 168 Å². The number of benzene rings is 2. The van der Waals surface area contributed by atoms with Crippen LogP contribution < -0.4 is 10.2 Å². The molecule has 148 valence electrons. The number of hydrogen-bond acceptors (Lipinski definition) is 6. The number of rotatable bonds is 5. The van der Waals surface area contributed by atoms with Crippen LogP contribution in [0.1, 0.15) is 18.1 Å². The molecule has 2 heterocycles. The first kappa shape index (κ1) is 18.8. The highest BCUT2D eigenvalue weighted by atomic mass is 16.2. The molecule has 4 rings (SSSR count). The van der Waals surface area contributed by atoms with Crippen LogP contribution in [-0.2, 0) is 20.8 Å². The highest BCUT2D eigenvalue weighted by molar-refractivity contribution is 6.25. The van der Waals surface area contributed by atoms with Crippen molar-refractivity contribution in [2.45, 2.75) is 32.4 Å². The van der Waals surface area contributed by atoms with Gasteiger partial charge < -0.3 is 5.32 Å². The molecule has 3 amide bonds. The van der Waals surface area contributed by atoms with Crippen molar-refractivity contribution in [1.82, 2.24) is 5.01 Å². The number of nitrogens with one attached hydrogen (secondary N) is 1. The van der Waals surface area contributed by atoms with Crippen molar-refractivity contribution in [1.29, 1.82) is 0 Å². The summed E-state index contributed by atoms with van der Waals surface area (Å²) in [5, 5.41) is 12.0. The SMILES string of the molecule is CCc1ccc(N2C(=O)[C@@H]3N=NN(CC(=O)Nc4ccccc4C)[C@H]3C2=O)cc1. The van der Waals surface area contributed by atoms with Crippen molar-refractivity contribution in [3.8, 4) is 0 Å². The van der Waals surface area contributed by atoms with Gasteiger partial charge in [-0.05, 0) is 42.7 Å². The summed E-state index contributed by atoms with van der Waals surface area (Å²) < 4.78 is 0. The molecule has 2 atom stereocenters. The maximum absolute atomic E-state index is 13.0. The van der Waals surface area contributed by atoms with Crippen LogP contribution in [-0.4, -0.2) is 41.4 Å². The molecule has 1 N–H and O–H groups in total. The summed E-state index contributed by atoms with van der Waals surface area (Å²) in [5.74, 6) is -1.17. The largest absolute Gasteiger partial charge is 0.324 e. The van der Waals surface area contributed by atoms with Crippen molar-refractivity contribution in [2.75, 3.05) is 16.8 Å². The molecule has 0 unspecified atom stereocenters. The first-order valence-electron chi connectivity index (χ1n) is 9.49. The molecule has 0 bridgehead atoms. The van der Waals surface area contributed by atoms with Gasteiger partial charge in [-0.15, -0.1) is 0 Å². The monoisotopic (exact) mass is 391 g/mol. The lowest BCUT2D eigenvalue weighted by Crippen LogP contribution is -2.43. The Morgan fingerprint density at radius 3 is 2.48 bits per heavy atom. The molecule has 0 aromatic heterocycles. The lowest BCUT2D eigenvalue weighted by molar-refractivity contribution is -0.123. The van der Waals surface area contributed by atoms with Crippen LogP contribution in [0.4, 0.5) is 11.4 Å². The number of aryl methyl sites for hydroxylation is 2. The summed E-state index contributed by atoms with van der Waals surface area (Å²) >= 11 is 0. The molecule has 1 fully saturated rings. The molecule has 2 aliphatic heterocycles. The third-order valence-corrected chi connectivity index (χ3v) is 5.19. The number of carbonyl (C=O) groups excluding carboxylic acids is 3. The number of nitrogens with zero attached hydrogens (tertiary/aromatic N) is 4. The second-order valence-electron chi connectivity index (χ2n) is 7.09. The topological polar surface area (TPSA) is 94.4 Å². The summed E-state index contributed by atoms with van der Waals surface area (Å²) in [5.41, 5.74) is 3.24. The molecule has 2 aromatic rings. The van der Waals surface area contributed by atoms with E-state index in [4.69, 9.17) is 0 Å². The maximum atomic E-state index is 13.0. The van der Waals surface area contributed by atoms with Crippen molar-refractivity contribution >= 4 is 29.1 Å². The predicted molar refractivity (Wildman–Crippen MR) is 107 cm³/mol. The third-order valence-electron chi connectivity index (χ3n) is 5.19. The van der Waals surface area contributed by atoms with E-state index in [2.05, 4.69) is 15.7 Å². The minimum absolute atomic E-state index is 0.166. The van der Waals surface area contributed by atoms with E-state index in [1.807, 2.05) is 44.2 Å². The molecule has 8 nitrogen and oxygen atoms in total. The molecule has 1 saturated heterocycles. The van der Waals surface area contributed by atoms with Gasteiger partial charge in [0.25, 0.3) is 11.8 Å². The van der Waals surface area contributed by atoms with Gasteiger partial charge in [0.1, 0.15) is 6.54 Å². The van der Waals surface area contributed by atoms with Gasteiger partial charge in [-0.1, -0.05) is 42.5 Å². The minimum Gasteiger partial charge on any atom is -0.324 e. The zero-order chi connectivity index (χ0) is 20.5. The Morgan fingerprint density at radius 2 is 1.79 bits per heavy atom. The summed E-state index contributed by atoms with van der Waals surface area (Å²) in [6.07, 6.45) is 0.866. The smallest absolute Gasteiger partial charge is 0.263 e. The van der Waals surface area contributed by atoms with E-state index < -0.39 is 23.9 Å². The van der Waals surface area contributed by atoms with Crippen molar-refractivity contribution in [3.05, 3.63) is 59.7 Å². The van der Waals surface area contributed by atoms with Crippen molar-refractivity contribution in [3.63, 3.8) is 0 Å². The molecule has 0 aliphatic carbocycles. The van der Waals surface area contributed by atoms with Crippen LogP contribution in [0, 0.1) is 6.92 Å². The summed E-state index contributed by atoms with van der Waals surface area (Å²) in [6.45, 7) is 3.76. The summed E-state index contributed by atoms with van der Waals surface area (Å²) in [6, 6.07) is 12.9. The fourth-order valence-corrected chi connectivity index (χ4v) is 3.54. The molecule has 29 heavy (non-hydrogen) atoms. The number of imide groups is 1. The average molecular weight is 391 g/mol. The quantitative estimate of drug-likeness (QED) is 0.793. The number of para-hydroxylation sites is 1. The second kappa shape index (κ2) is 7.46. The van der Waals surface area contributed by atoms with E-state index in [-0.39, 0.29) is 12.5 Å².